The smallest absolute Gasteiger partial charge is 0.240 e. The first-order valence-corrected chi connectivity index (χ1v) is 7.39. The summed E-state index contributed by atoms with van der Waals surface area (Å²) >= 11 is 0. The minimum absolute atomic E-state index is 0.156. The molecular weight excluding hydrogens is 262 g/mol. The number of amides is 1. The predicted octanol–water partition coefficient (Wildman–Crippen LogP) is 3.04. The Bertz CT molecular complexity index is 570. The molecule has 0 atom stereocenters. The fourth-order valence-corrected chi connectivity index (χ4v) is 2.77. The summed E-state index contributed by atoms with van der Waals surface area (Å²) in [5.41, 5.74) is 0.676. The standard InChI is InChI=1S/C17H19N3O/c18-11-14-5-7-15(8-6-14)12-20-16(21)17(13-19)9-3-1-2-4-10-17/h5-8H,1-4,9-10,12H2,(H,20,21). The number of hydrogen-bond acceptors (Lipinski definition) is 3. The molecule has 1 N–H and O–H groups in total. The average molecular weight is 281 g/mol. The Morgan fingerprint density at radius 3 is 2.24 bits per heavy atom. The van der Waals surface area contributed by atoms with Gasteiger partial charge in [0.25, 0.3) is 0 Å². The van der Waals surface area contributed by atoms with E-state index in [4.69, 9.17) is 5.26 Å². The van der Waals surface area contributed by atoms with Crippen molar-refractivity contribution in [2.24, 2.45) is 5.41 Å². The number of nitrogens with one attached hydrogen (secondary N) is 1. The van der Waals surface area contributed by atoms with Gasteiger partial charge in [0.05, 0.1) is 17.7 Å². The van der Waals surface area contributed by atoms with Gasteiger partial charge in [0.15, 0.2) is 0 Å². The highest BCUT2D eigenvalue weighted by atomic mass is 16.2. The summed E-state index contributed by atoms with van der Waals surface area (Å²) in [6.45, 7) is 0.397. The van der Waals surface area contributed by atoms with Gasteiger partial charge in [-0.15, -0.1) is 0 Å². The van der Waals surface area contributed by atoms with Crippen molar-refractivity contribution in [2.75, 3.05) is 0 Å². The molecule has 0 aromatic heterocycles. The molecular formula is C17H19N3O. The SMILES string of the molecule is N#Cc1ccc(CNC(=O)C2(C#N)CCCCCC2)cc1. The first-order valence-electron chi connectivity index (χ1n) is 7.39. The molecule has 4 nitrogen and oxygen atoms in total. The van der Waals surface area contributed by atoms with Crippen LogP contribution in [-0.4, -0.2) is 5.91 Å². The summed E-state index contributed by atoms with van der Waals surface area (Å²) in [5.74, 6) is -0.156. The fraction of sp³-hybridized carbons (Fsp3) is 0.471. The summed E-state index contributed by atoms with van der Waals surface area (Å²) in [4.78, 5) is 12.4. The molecule has 108 valence electrons. The first kappa shape index (κ1) is 15.1. The van der Waals surface area contributed by atoms with Crippen molar-refractivity contribution in [1.82, 2.24) is 5.32 Å². The van der Waals surface area contributed by atoms with Crippen LogP contribution in [0.1, 0.15) is 49.7 Å². The minimum atomic E-state index is -0.858. The number of nitriles is 2. The van der Waals surface area contributed by atoms with Crippen molar-refractivity contribution in [3.63, 3.8) is 0 Å². The number of rotatable bonds is 3. The zero-order valence-electron chi connectivity index (χ0n) is 12.1. The Labute approximate surface area is 125 Å². The zero-order chi connectivity index (χ0) is 15.1. The van der Waals surface area contributed by atoms with Gasteiger partial charge < -0.3 is 5.32 Å². The summed E-state index contributed by atoms with van der Waals surface area (Å²) in [6.07, 6.45) is 5.40. The maximum absolute atomic E-state index is 12.4. The van der Waals surface area contributed by atoms with Crippen LogP contribution in [0.4, 0.5) is 0 Å². The Balaban J connectivity index is 1.99. The molecule has 1 aromatic rings. The van der Waals surface area contributed by atoms with Crippen LogP contribution in [0, 0.1) is 28.1 Å². The highest BCUT2D eigenvalue weighted by Crippen LogP contribution is 2.34. The van der Waals surface area contributed by atoms with Crippen molar-refractivity contribution in [3.8, 4) is 12.1 Å². The van der Waals surface area contributed by atoms with Gasteiger partial charge in [-0.1, -0.05) is 37.8 Å². The fourth-order valence-electron chi connectivity index (χ4n) is 2.77. The lowest BCUT2D eigenvalue weighted by Gasteiger charge is -2.23. The minimum Gasteiger partial charge on any atom is -0.351 e. The second-order valence-corrected chi connectivity index (χ2v) is 5.60. The van der Waals surface area contributed by atoms with E-state index in [0.717, 1.165) is 31.2 Å². The normalized spacial score (nSPS) is 17.0. The molecule has 1 aliphatic rings. The second-order valence-electron chi connectivity index (χ2n) is 5.60. The molecule has 1 amide bonds. The van der Waals surface area contributed by atoms with Crippen LogP contribution in [0.25, 0.3) is 0 Å². The van der Waals surface area contributed by atoms with E-state index in [1.165, 1.54) is 0 Å². The van der Waals surface area contributed by atoms with Crippen LogP contribution in [0.3, 0.4) is 0 Å². The molecule has 4 heteroatoms. The second kappa shape index (κ2) is 6.90. The number of hydrogen-bond donors (Lipinski definition) is 1. The van der Waals surface area contributed by atoms with Crippen molar-refractivity contribution in [2.45, 2.75) is 45.1 Å². The lowest BCUT2D eigenvalue weighted by Crippen LogP contribution is -2.39. The van der Waals surface area contributed by atoms with Gasteiger partial charge in [-0.2, -0.15) is 10.5 Å². The Hall–Kier alpha value is -2.33. The molecule has 0 spiro atoms. The summed E-state index contributed by atoms with van der Waals surface area (Å²) in [5, 5.41) is 21.1. The van der Waals surface area contributed by atoms with Gasteiger partial charge in [-0.25, -0.2) is 0 Å². The number of carbonyl (C=O) groups is 1. The lowest BCUT2D eigenvalue weighted by molar-refractivity contribution is -0.129. The van der Waals surface area contributed by atoms with Crippen LogP contribution < -0.4 is 5.32 Å². The van der Waals surface area contributed by atoms with E-state index >= 15 is 0 Å². The van der Waals surface area contributed by atoms with E-state index in [1.807, 2.05) is 12.1 Å². The molecule has 0 heterocycles. The Morgan fingerprint density at radius 1 is 1.10 bits per heavy atom. The zero-order valence-corrected chi connectivity index (χ0v) is 12.1. The Kier molecular flexibility index (Phi) is 4.95. The van der Waals surface area contributed by atoms with Gasteiger partial charge in [-0.05, 0) is 30.5 Å². The largest absolute Gasteiger partial charge is 0.351 e. The monoisotopic (exact) mass is 281 g/mol. The highest BCUT2D eigenvalue weighted by molar-refractivity contribution is 5.85. The van der Waals surface area contributed by atoms with Crippen LogP contribution in [-0.2, 0) is 11.3 Å². The van der Waals surface area contributed by atoms with Crippen LogP contribution in [0.2, 0.25) is 0 Å². The third-order valence-corrected chi connectivity index (χ3v) is 4.14. The first-order chi connectivity index (χ1) is 10.2. The van der Waals surface area contributed by atoms with E-state index in [2.05, 4.69) is 17.5 Å². The van der Waals surface area contributed by atoms with Crippen LogP contribution in [0.15, 0.2) is 24.3 Å². The van der Waals surface area contributed by atoms with Crippen molar-refractivity contribution < 1.29 is 4.79 Å². The third kappa shape index (κ3) is 3.61. The predicted molar refractivity (Wildman–Crippen MR) is 78.8 cm³/mol. The van der Waals surface area contributed by atoms with Gasteiger partial charge >= 0.3 is 0 Å². The van der Waals surface area contributed by atoms with Crippen LogP contribution in [0.5, 0.6) is 0 Å². The Morgan fingerprint density at radius 2 is 1.71 bits per heavy atom. The summed E-state index contributed by atoms with van der Waals surface area (Å²) < 4.78 is 0. The molecule has 1 saturated carbocycles. The van der Waals surface area contributed by atoms with Gasteiger partial charge in [0, 0.05) is 6.54 Å². The molecule has 0 bridgehead atoms. The molecule has 0 unspecified atom stereocenters. The molecule has 2 rings (SSSR count). The lowest BCUT2D eigenvalue weighted by atomic mass is 9.81. The third-order valence-electron chi connectivity index (χ3n) is 4.14. The maximum atomic E-state index is 12.4. The summed E-state index contributed by atoms with van der Waals surface area (Å²) in [7, 11) is 0. The quantitative estimate of drug-likeness (QED) is 0.865. The van der Waals surface area contributed by atoms with E-state index in [1.54, 1.807) is 12.1 Å². The van der Waals surface area contributed by atoms with Gasteiger partial charge in [0.1, 0.15) is 5.41 Å². The molecule has 0 radical (unpaired) electrons. The molecule has 1 aliphatic carbocycles. The summed E-state index contributed by atoms with van der Waals surface area (Å²) in [6, 6.07) is 11.4. The average Bonchev–Trinajstić information content (AvgIpc) is 2.79. The van der Waals surface area contributed by atoms with E-state index in [9.17, 15) is 10.1 Å². The van der Waals surface area contributed by atoms with Crippen molar-refractivity contribution in [1.29, 1.82) is 10.5 Å². The van der Waals surface area contributed by atoms with E-state index < -0.39 is 5.41 Å². The van der Waals surface area contributed by atoms with Crippen LogP contribution >= 0.6 is 0 Å². The van der Waals surface area contributed by atoms with E-state index in [-0.39, 0.29) is 5.91 Å². The number of nitrogens with zero attached hydrogens (tertiary/aromatic N) is 2. The molecule has 1 aromatic carbocycles. The van der Waals surface area contributed by atoms with Crippen molar-refractivity contribution >= 4 is 5.91 Å². The maximum Gasteiger partial charge on any atom is 0.240 e. The number of carbonyl (C=O) groups excluding carboxylic acids is 1. The number of benzene rings is 1. The molecule has 21 heavy (non-hydrogen) atoms. The molecule has 1 fully saturated rings. The van der Waals surface area contributed by atoms with Crippen molar-refractivity contribution in [3.05, 3.63) is 35.4 Å². The van der Waals surface area contributed by atoms with Gasteiger partial charge in [-0.3, -0.25) is 4.79 Å². The topological polar surface area (TPSA) is 76.7 Å². The van der Waals surface area contributed by atoms with Gasteiger partial charge in [0.2, 0.25) is 5.91 Å². The highest BCUT2D eigenvalue weighted by Gasteiger charge is 2.38. The molecule has 0 aliphatic heterocycles. The van der Waals surface area contributed by atoms with E-state index in [0.29, 0.717) is 24.9 Å². The molecule has 0 saturated heterocycles.